The van der Waals surface area contributed by atoms with Crippen molar-refractivity contribution in [2.45, 2.75) is 52.0 Å². The molecule has 1 fully saturated rings. The molecule has 2 nitrogen and oxygen atoms in total. The third kappa shape index (κ3) is 5.61. The average Bonchev–Trinajstić information content (AvgIpc) is 2.93. The van der Waals surface area contributed by atoms with E-state index in [1.807, 2.05) is 0 Å². The molecule has 1 rings (SSSR count). The third-order valence-corrected chi connectivity index (χ3v) is 3.04. The highest BCUT2D eigenvalue weighted by atomic mass is 15.1. The molecule has 0 aromatic rings. The third-order valence-electron chi connectivity index (χ3n) is 3.04. The first-order chi connectivity index (χ1) is 6.72. The molecule has 0 radical (unpaired) electrons. The van der Waals surface area contributed by atoms with Crippen LogP contribution in [0.4, 0.5) is 0 Å². The van der Waals surface area contributed by atoms with Crippen molar-refractivity contribution in [1.82, 2.24) is 4.90 Å². The van der Waals surface area contributed by atoms with Gasteiger partial charge in [-0.1, -0.05) is 13.3 Å². The smallest absolute Gasteiger partial charge is 0.00104 e. The Morgan fingerprint density at radius 1 is 1.36 bits per heavy atom. The van der Waals surface area contributed by atoms with Gasteiger partial charge in [0.1, 0.15) is 0 Å². The summed E-state index contributed by atoms with van der Waals surface area (Å²) in [5, 5.41) is 0. The van der Waals surface area contributed by atoms with Crippen LogP contribution >= 0.6 is 0 Å². The van der Waals surface area contributed by atoms with E-state index in [1.165, 1.54) is 51.7 Å². The van der Waals surface area contributed by atoms with E-state index in [2.05, 4.69) is 18.7 Å². The van der Waals surface area contributed by atoms with Crippen molar-refractivity contribution in [3.05, 3.63) is 0 Å². The molecule has 1 atom stereocenters. The van der Waals surface area contributed by atoms with Crippen molar-refractivity contribution in [3.63, 3.8) is 0 Å². The quantitative estimate of drug-likeness (QED) is 0.606. The zero-order valence-electron chi connectivity index (χ0n) is 9.84. The van der Waals surface area contributed by atoms with Gasteiger partial charge in [0.05, 0.1) is 0 Å². The van der Waals surface area contributed by atoms with E-state index in [4.69, 9.17) is 5.73 Å². The number of unbranched alkanes of at least 4 members (excludes halogenated alkanes) is 1. The van der Waals surface area contributed by atoms with Crippen molar-refractivity contribution in [1.29, 1.82) is 0 Å². The van der Waals surface area contributed by atoms with Gasteiger partial charge in [0.2, 0.25) is 0 Å². The van der Waals surface area contributed by atoms with Crippen molar-refractivity contribution in [2.24, 2.45) is 11.7 Å². The lowest BCUT2D eigenvalue weighted by Crippen LogP contribution is -2.27. The van der Waals surface area contributed by atoms with Crippen molar-refractivity contribution in [2.75, 3.05) is 19.6 Å². The van der Waals surface area contributed by atoms with Gasteiger partial charge in [-0.2, -0.15) is 0 Å². The van der Waals surface area contributed by atoms with E-state index in [0.717, 1.165) is 5.92 Å². The monoisotopic (exact) mass is 198 g/mol. The van der Waals surface area contributed by atoms with Crippen LogP contribution in [0.3, 0.4) is 0 Å². The van der Waals surface area contributed by atoms with Gasteiger partial charge in [-0.25, -0.2) is 0 Å². The number of hydrogen-bond acceptors (Lipinski definition) is 2. The summed E-state index contributed by atoms with van der Waals surface area (Å²) >= 11 is 0. The Morgan fingerprint density at radius 2 is 2.07 bits per heavy atom. The first kappa shape index (κ1) is 12.0. The van der Waals surface area contributed by atoms with Crippen LogP contribution < -0.4 is 5.73 Å². The van der Waals surface area contributed by atoms with Crippen LogP contribution in [0.5, 0.6) is 0 Å². The molecule has 14 heavy (non-hydrogen) atoms. The first-order valence-electron chi connectivity index (χ1n) is 6.20. The van der Waals surface area contributed by atoms with Crippen LogP contribution in [-0.2, 0) is 0 Å². The molecule has 1 aliphatic carbocycles. The van der Waals surface area contributed by atoms with E-state index in [0.29, 0.717) is 6.04 Å². The molecule has 84 valence electrons. The standard InChI is InChI=1S/C12H26N2/c1-3-14(10-12-7-8-12)9-5-4-6-11(2)13/h11-12H,3-10,13H2,1-2H3. The fraction of sp³-hybridized carbons (Fsp3) is 1.00. The van der Waals surface area contributed by atoms with E-state index in [9.17, 15) is 0 Å². The largest absolute Gasteiger partial charge is 0.328 e. The van der Waals surface area contributed by atoms with Crippen LogP contribution in [0.15, 0.2) is 0 Å². The number of nitrogens with zero attached hydrogens (tertiary/aromatic N) is 1. The van der Waals surface area contributed by atoms with E-state index < -0.39 is 0 Å². The van der Waals surface area contributed by atoms with Gasteiger partial charge in [0.15, 0.2) is 0 Å². The Bertz CT molecular complexity index is 141. The van der Waals surface area contributed by atoms with Gasteiger partial charge < -0.3 is 10.6 Å². The number of hydrogen-bond donors (Lipinski definition) is 1. The highest BCUT2D eigenvalue weighted by Gasteiger charge is 2.23. The zero-order valence-corrected chi connectivity index (χ0v) is 9.84. The average molecular weight is 198 g/mol. The highest BCUT2D eigenvalue weighted by Crippen LogP contribution is 2.29. The Labute approximate surface area is 88.8 Å². The summed E-state index contributed by atoms with van der Waals surface area (Å²) in [6.07, 6.45) is 6.73. The minimum Gasteiger partial charge on any atom is -0.328 e. The Hall–Kier alpha value is -0.0800. The molecule has 1 saturated carbocycles. The summed E-state index contributed by atoms with van der Waals surface area (Å²) in [6.45, 7) is 8.21. The fourth-order valence-corrected chi connectivity index (χ4v) is 1.85. The molecule has 2 heteroatoms. The summed E-state index contributed by atoms with van der Waals surface area (Å²) < 4.78 is 0. The molecule has 0 aromatic carbocycles. The van der Waals surface area contributed by atoms with Gasteiger partial charge in [-0.15, -0.1) is 0 Å². The lowest BCUT2D eigenvalue weighted by Gasteiger charge is -2.20. The molecule has 0 amide bonds. The predicted octanol–water partition coefficient (Wildman–Crippen LogP) is 2.24. The van der Waals surface area contributed by atoms with Crippen LogP contribution in [-0.4, -0.2) is 30.6 Å². The van der Waals surface area contributed by atoms with Crippen LogP contribution in [0.25, 0.3) is 0 Å². The van der Waals surface area contributed by atoms with E-state index in [1.54, 1.807) is 0 Å². The normalized spacial score (nSPS) is 18.9. The van der Waals surface area contributed by atoms with Crippen LogP contribution in [0.1, 0.15) is 46.0 Å². The summed E-state index contributed by atoms with van der Waals surface area (Å²) in [4.78, 5) is 2.60. The summed E-state index contributed by atoms with van der Waals surface area (Å²) in [6, 6.07) is 0.383. The zero-order chi connectivity index (χ0) is 10.4. The Morgan fingerprint density at radius 3 is 2.57 bits per heavy atom. The second-order valence-corrected chi connectivity index (χ2v) is 4.81. The van der Waals surface area contributed by atoms with Crippen LogP contribution in [0.2, 0.25) is 0 Å². The molecule has 2 N–H and O–H groups in total. The van der Waals surface area contributed by atoms with Crippen molar-refractivity contribution < 1.29 is 0 Å². The van der Waals surface area contributed by atoms with Gasteiger partial charge in [0.25, 0.3) is 0 Å². The summed E-state index contributed by atoms with van der Waals surface area (Å²) in [5.41, 5.74) is 5.72. The molecule has 1 aliphatic rings. The van der Waals surface area contributed by atoms with Crippen LogP contribution in [0, 0.1) is 5.92 Å². The Kier molecular flexibility index (Phi) is 5.49. The molecule has 0 aromatic heterocycles. The Balaban J connectivity index is 1.96. The van der Waals surface area contributed by atoms with E-state index >= 15 is 0 Å². The SMILES string of the molecule is CCN(CCCCC(C)N)CC1CC1. The van der Waals surface area contributed by atoms with Gasteiger partial charge in [0, 0.05) is 12.6 Å². The summed E-state index contributed by atoms with van der Waals surface area (Å²) in [7, 11) is 0. The highest BCUT2D eigenvalue weighted by molar-refractivity contribution is 4.76. The lowest BCUT2D eigenvalue weighted by atomic mass is 10.1. The maximum absolute atomic E-state index is 5.72. The fourth-order valence-electron chi connectivity index (χ4n) is 1.85. The predicted molar refractivity (Wildman–Crippen MR) is 62.3 cm³/mol. The molecule has 0 spiro atoms. The molecule has 1 unspecified atom stereocenters. The van der Waals surface area contributed by atoms with Gasteiger partial charge >= 0.3 is 0 Å². The molecular weight excluding hydrogens is 172 g/mol. The molecular formula is C12H26N2. The van der Waals surface area contributed by atoms with Gasteiger partial charge in [-0.05, 0) is 51.6 Å². The molecule has 0 aliphatic heterocycles. The van der Waals surface area contributed by atoms with Crippen molar-refractivity contribution in [3.8, 4) is 0 Å². The maximum Gasteiger partial charge on any atom is 0.00104 e. The van der Waals surface area contributed by atoms with Crippen molar-refractivity contribution >= 4 is 0 Å². The minimum atomic E-state index is 0.383. The maximum atomic E-state index is 5.72. The first-order valence-corrected chi connectivity index (χ1v) is 6.20. The second kappa shape index (κ2) is 6.41. The molecule has 0 bridgehead atoms. The topological polar surface area (TPSA) is 29.3 Å². The summed E-state index contributed by atoms with van der Waals surface area (Å²) in [5.74, 6) is 1.03. The molecule has 0 saturated heterocycles. The minimum absolute atomic E-state index is 0.383. The lowest BCUT2D eigenvalue weighted by molar-refractivity contribution is 0.269. The second-order valence-electron chi connectivity index (χ2n) is 4.81. The molecule has 0 heterocycles. The number of nitrogens with two attached hydrogens (primary N) is 1. The van der Waals surface area contributed by atoms with Gasteiger partial charge in [-0.3, -0.25) is 0 Å². The van der Waals surface area contributed by atoms with E-state index in [-0.39, 0.29) is 0 Å². The number of rotatable bonds is 8.